The highest BCUT2D eigenvalue weighted by Gasteiger charge is 2.40. The van der Waals surface area contributed by atoms with E-state index in [9.17, 15) is 9.90 Å². The van der Waals surface area contributed by atoms with Crippen molar-refractivity contribution in [1.29, 1.82) is 0 Å². The second-order valence-corrected chi connectivity index (χ2v) is 5.47. The second-order valence-electron chi connectivity index (χ2n) is 4.22. The molecule has 0 aromatic heterocycles. The SMILES string of the molecule is O=C(O)C1(Cc2ccc(I)cc2)CCCN1. The molecule has 3 nitrogen and oxygen atoms in total. The molecule has 0 saturated carbocycles. The lowest BCUT2D eigenvalue weighted by Gasteiger charge is -2.24. The number of nitrogens with one attached hydrogen (secondary N) is 1. The van der Waals surface area contributed by atoms with Crippen LogP contribution in [0.5, 0.6) is 0 Å². The number of aliphatic carboxylic acids is 1. The van der Waals surface area contributed by atoms with Crippen LogP contribution >= 0.6 is 22.6 Å². The highest BCUT2D eigenvalue weighted by Crippen LogP contribution is 2.24. The number of benzene rings is 1. The highest BCUT2D eigenvalue weighted by molar-refractivity contribution is 14.1. The molecular formula is C12H14INO2. The smallest absolute Gasteiger partial charge is 0.324 e. The van der Waals surface area contributed by atoms with Crippen LogP contribution in [0.15, 0.2) is 24.3 Å². The van der Waals surface area contributed by atoms with Crippen LogP contribution in [-0.2, 0) is 11.2 Å². The lowest BCUT2D eigenvalue weighted by atomic mass is 9.89. The van der Waals surface area contributed by atoms with Crippen molar-refractivity contribution in [2.75, 3.05) is 6.54 Å². The van der Waals surface area contributed by atoms with E-state index in [1.165, 1.54) is 3.57 Å². The molecule has 1 aromatic carbocycles. The Morgan fingerprint density at radius 1 is 1.44 bits per heavy atom. The molecule has 86 valence electrons. The van der Waals surface area contributed by atoms with Gasteiger partial charge in [-0.2, -0.15) is 0 Å². The van der Waals surface area contributed by atoms with Crippen LogP contribution in [0.3, 0.4) is 0 Å². The molecular weight excluding hydrogens is 317 g/mol. The Morgan fingerprint density at radius 2 is 2.12 bits per heavy atom. The maximum absolute atomic E-state index is 11.3. The lowest BCUT2D eigenvalue weighted by molar-refractivity contribution is -0.144. The molecule has 0 bridgehead atoms. The molecule has 0 aliphatic carbocycles. The zero-order valence-electron chi connectivity index (χ0n) is 8.87. The van der Waals surface area contributed by atoms with Crippen LogP contribution in [0.25, 0.3) is 0 Å². The molecule has 1 aliphatic rings. The van der Waals surface area contributed by atoms with Crippen molar-refractivity contribution in [3.63, 3.8) is 0 Å². The van der Waals surface area contributed by atoms with Gasteiger partial charge in [0.1, 0.15) is 5.54 Å². The molecule has 0 radical (unpaired) electrons. The molecule has 1 unspecified atom stereocenters. The largest absolute Gasteiger partial charge is 0.480 e. The fourth-order valence-corrected chi connectivity index (χ4v) is 2.53. The number of hydrogen-bond acceptors (Lipinski definition) is 2. The maximum Gasteiger partial charge on any atom is 0.324 e. The number of carboxylic acids is 1. The first-order chi connectivity index (χ1) is 7.62. The summed E-state index contributed by atoms with van der Waals surface area (Å²) in [6.07, 6.45) is 2.23. The molecule has 1 aromatic rings. The van der Waals surface area contributed by atoms with Crippen LogP contribution in [0.2, 0.25) is 0 Å². The monoisotopic (exact) mass is 331 g/mol. The first-order valence-electron chi connectivity index (χ1n) is 5.35. The Morgan fingerprint density at radius 3 is 2.62 bits per heavy atom. The number of carbonyl (C=O) groups is 1. The van der Waals surface area contributed by atoms with Gasteiger partial charge in [-0.15, -0.1) is 0 Å². The van der Waals surface area contributed by atoms with Crippen molar-refractivity contribution in [1.82, 2.24) is 5.32 Å². The van der Waals surface area contributed by atoms with Gasteiger partial charge in [-0.1, -0.05) is 12.1 Å². The molecule has 1 heterocycles. The quantitative estimate of drug-likeness (QED) is 0.834. The third-order valence-electron chi connectivity index (χ3n) is 3.07. The van der Waals surface area contributed by atoms with Gasteiger partial charge in [0.15, 0.2) is 0 Å². The average molecular weight is 331 g/mol. The Bertz CT molecular complexity index is 383. The molecule has 1 atom stereocenters. The minimum Gasteiger partial charge on any atom is -0.480 e. The number of hydrogen-bond donors (Lipinski definition) is 2. The molecule has 2 rings (SSSR count). The molecule has 0 spiro atoms. The fourth-order valence-electron chi connectivity index (χ4n) is 2.17. The van der Waals surface area contributed by atoms with Gasteiger partial charge in [-0.25, -0.2) is 0 Å². The van der Waals surface area contributed by atoms with E-state index in [0.29, 0.717) is 12.8 Å². The minimum absolute atomic E-state index is 0.569. The summed E-state index contributed by atoms with van der Waals surface area (Å²) in [5.74, 6) is -0.733. The maximum atomic E-state index is 11.3. The van der Waals surface area contributed by atoms with Crippen LogP contribution in [0.1, 0.15) is 18.4 Å². The number of rotatable bonds is 3. The van der Waals surface area contributed by atoms with E-state index < -0.39 is 11.5 Å². The predicted molar refractivity (Wildman–Crippen MR) is 70.5 cm³/mol. The lowest BCUT2D eigenvalue weighted by Crippen LogP contribution is -2.49. The predicted octanol–water partition coefficient (Wildman–Crippen LogP) is 2.04. The topological polar surface area (TPSA) is 49.3 Å². The third kappa shape index (κ3) is 2.38. The van der Waals surface area contributed by atoms with Gasteiger partial charge in [0.05, 0.1) is 0 Å². The first kappa shape index (κ1) is 11.9. The molecule has 1 fully saturated rings. The summed E-state index contributed by atoms with van der Waals surface area (Å²) in [7, 11) is 0. The van der Waals surface area contributed by atoms with Crippen molar-refractivity contribution in [2.24, 2.45) is 0 Å². The minimum atomic E-state index is -0.743. The average Bonchev–Trinajstić information content (AvgIpc) is 2.71. The fraction of sp³-hybridized carbons (Fsp3) is 0.417. The molecule has 2 N–H and O–H groups in total. The summed E-state index contributed by atoms with van der Waals surface area (Å²) in [4.78, 5) is 11.3. The van der Waals surface area contributed by atoms with E-state index in [4.69, 9.17) is 0 Å². The van der Waals surface area contributed by atoms with Crippen molar-refractivity contribution in [2.45, 2.75) is 24.8 Å². The summed E-state index contributed by atoms with van der Waals surface area (Å²) in [6, 6.07) is 8.04. The Kier molecular flexibility index (Phi) is 3.49. The summed E-state index contributed by atoms with van der Waals surface area (Å²) in [5.41, 5.74) is 0.337. The van der Waals surface area contributed by atoms with Gasteiger partial charge >= 0.3 is 5.97 Å². The molecule has 16 heavy (non-hydrogen) atoms. The first-order valence-corrected chi connectivity index (χ1v) is 6.43. The van der Waals surface area contributed by atoms with E-state index in [0.717, 1.165) is 18.5 Å². The Hall–Kier alpha value is -0.620. The van der Waals surface area contributed by atoms with Crippen LogP contribution in [0.4, 0.5) is 0 Å². The van der Waals surface area contributed by atoms with Crippen molar-refractivity contribution in [3.05, 3.63) is 33.4 Å². The normalized spacial score (nSPS) is 24.6. The van der Waals surface area contributed by atoms with Gasteiger partial charge in [0, 0.05) is 9.99 Å². The van der Waals surface area contributed by atoms with Crippen molar-refractivity contribution in [3.8, 4) is 0 Å². The summed E-state index contributed by atoms with van der Waals surface area (Å²) in [6.45, 7) is 0.802. The van der Waals surface area contributed by atoms with Gasteiger partial charge in [0.25, 0.3) is 0 Å². The van der Waals surface area contributed by atoms with Crippen LogP contribution < -0.4 is 5.32 Å². The van der Waals surface area contributed by atoms with E-state index >= 15 is 0 Å². The van der Waals surface area contributed by atoms with Gasteiger partial charge in [-0.05, 0) is 59.7 Å². The van der Waals surface area contributed by atoms with Gasteiger partial charge < -0.3 is 10.4 Å². The Balaban J connectivity index is 2.18. The number of carboxylic acid groups (broad SMARTS) is 1. The molecule has 1 aliphatic heterocycles. The zero-order valence-corrected chi connectivity index (χ0v) is 11.0. The molecule has 0 amide bonds. The summed E-state index contributed by atoms with van der Waals surface area (Å²) < 4.78 is 1.17. The summed E-state index contributed by atoms with van der Waals surface area (Å²) in [5, 5.41) is 12.4. The van der Waals surface area contributed by atoms with E-state index in [-0.39, 0.29) is 0 Å². The molecule has 4 heteroatoms. The highest BCUT2D eigenvalue weighted by atomic mass is 127. The van der Waals surface area contributed by atoms with Crippen LogP contribution in [-0.4, -0.2) is 23.2 Å². The second kappa shape index (κ2) is 4.71. The van der Waals surface area contributed by atoms with Gasteiger partial charge in [0.2, 0.25) is 0 Å². The van der Waals surface area contributed by atoms with Crippen LogP contribution in [0, 0.1) is 3.57 Å². The standard InChI is InChI=1S/C12H14INO2/c13-10-4-2-9(3-5-10)8-12(11(15)16)6-1-7-14-12/h2-5,14H,1,6-8H2,(H,15,16). The molecule has 1 saturated heterocycles. The van der Waals surface area contributed by atoms with E-state index in [2.05, 4.69) is 27.9 Å². The van der Waals surface area contributed by atoms with E-state index in [1.807, 2.05) is 24.3 Å². The van der Waals surface area contributed by atoms with E-state index in [1.54, 1.807) is 0 Å². The van der Waals surface area contributed by atoms with Gasteiger partial charge in [-0.3, -0.25) is 4.79 Å². The Labute approximate surface area is 108 Å². The van der Waals surface area contributed by atoms with Crippen molar-refractivity contribution < 1.29 is 9.90 Å². The van der Waals surface area contributed by atoms with Crippen molar-refractivity contribution >= 4 is 28.6 Å². The summed E-state index contributed by atoms with van der Waals surface area (Å²) >= 11 is 2.25. The zero-order chi connectivity index (χ0) is 11.6. The third-order valence-corrected chi connectivity index (χ3v) is 3.79. The number of halogens is 1.